The summed E-state index contributed by atoms with van der Waals surface area (Å²) in [4.78, 5) is 4.53. The Kier molecular flexibility index (Phi) is 4.95. The van der Waals surface area contributed by atoms with Gasteiger partial charge in [0.2, 0.25) is 0 Å². The van der Waals surface area contributed by atoms with E-state index in [4.69, 9.17) is 11.6 Å². The summed E-state index contributed by atoms with van der Waals surface area (Å²) >= 11 is 7.73. The highest BCUT2D eigenvalue weighted by atomic mass is 35.5. The molecule has 1 heterocycles. The first-order valence-corrected chi connectivity index (χ1v) is 7.60. The van der Waals surface area contributed by atoms with Gasteiger partial charge in [0.05, 0.1) is 6.54 Å². The van der Waals surface area contributed by atoms with Gasteiger partial charge in [0.15, 0.2) is 5.17 Å². The molecule has 1 aliphatic heterocycles. The van der Waals surface area contributed by atoms with Crippen molar-refractivity contribution in [1.82, 2.24) is 5.32 Å². The second-order valence-corrected chi connectivity index (χ2v) is 6.51. The van der Waals surface area contributed by atoms with Crippen LogP contribution in [0.4, 0.5) is 0 Å². The molecule has 0 bridgehead atoms. The van der Waals surface area contributed by atoms with Gasteiger partial charge in [-0.05, 0) is 30.0 Å². The first-order chi connectivity index (χ1) is 8.65. The number of amidine groups is 1. The van der Waals surface area contributed by atoms with Crippen LogP contribution in [-0.2, 0) is 6.42 Å². The lowest BCUT2D eigenvalue weighted by Gasteiger charge is -2.12. The lowest BCUT2D eigenvalue weighted by molar-refractivity contribution is 0.621. The van der Waals surface area contributed by atoms with E-state index in [0.29, 0.717) is 11.2 Å². The van der Waals surface area contributed by atoms with Crippen molar-refractivity contribution in [3.05, 3.63) is 34.9 Å². The van der Waals surface area contributed by atoms with Crippen LogP contribution >= 0.6 is 23.4 Å². The number of halogens is 1. The topological polar surface area (TPSA) is 24.4 Å². The Balaban J connectivity index is 1.72. The van der Waals surface area contributed by atoms with Crippen LogP contribution in [0.15, 0.2) is 29.3 Å². The van der Waals surface area contributed by atoms with Gasteiger partial charge < -0.3 is 5.32 Å². The van der Waals surface area contributed by atoms with Crippen LogP contribution in [0, 0.1) is 5.92 Å². The lowest BCUT2D eigenvalue weighted by Crippen LogP contribution is -2.22. The largest absolute Gasteiger partial charge is 0.365 e. The molecule has 0 radical (unpaired) electrons. The molecular weight excluding hydrogens is 264 g/mol. The predicted octanol–water partition coefficient (Wildman–Crippen LogP) is 3.60. The zero-order valence-corrected chi connectivity index (χ0v) is 12.4. The van der Waals surface area contributed by atoms with Crippen molar-refractivity contribution in [3.63, 3.8) is 0 Å². The zero-order chi connectivity index (χ0) is 13.0. The van der Waals surface area contributed by atoms with E-state index in [1.54, 1.807) is 0 Å². The maximum Gasteiger partial charge on any atom is 0.156 e. The fourth-order valence-electron chi connectivity index (χ4n) is 1.80. The number of nitrogens with one attached hydrogen (secondary N) is 1. The molecule has 1 aromatic carbocycles. The highest BCUT2D eigenvalue weighted by Crippen LogP contribution is 2.25. The van der Waals surface area contributed by atoms with Crippen LogP contribution in [0.2, 0.25) is 5.02 Å². The highest BCUT2D eigenvalue weighted by molar-refractivity contribution is 8.14. The quantitative estimate of drug-likeness (QED) is 0.912. The van der Waals surface area contributed by atoms with E-state index in [1.807, 2.05) is 23.9 Å². The van der Waals surface area contributed by atoms with E-state index in [1.165, 1.54) is 5.56 Å². The predicted molar refractivity (Wildman–Crippen MR) is 81.7 cm³/mol. The fourth-order valence-corrected chi connectivity index (χ4v) is 2.97. The SMILES string of the molecule is CC(C)C1CN=C(NCCc2ccc(Cl)cc2)S1. The molecule has 1 atom stereocenters. The molecule has 2 rings (SSSR count). The van der Waals surface area contributed by atoms with Gasteiger partial charge in [-0.15, -0.1) is 0 Å². The first kappa shape index (κ1) is 13.8. The van der Waals surface area contributed by atoms with Crippen molar-refractivity contribution in [2.45, 2.75) is 25.5 Å². The number of hydrogen-bond acceptors (Lipinski definition) is 3. The Labute approximate surface area is 118 Å². The summed E-state index contributed by atoms with van der Waals surface area (Å²) in [7, 11) is 0. The summed E-state index contributed by atoms with van der Waals surface area (Å²) in [6.07, 6.45) is 1.00. The average Bonchev–Trinajstić information content (AvgIpc) is 2.81. The van der Waals surface area contributed by atoms with Gasteiger partial charge >= 0.3 is 0 Å². The molecule has 1 unspecified atom stereocenters. The molecule has 0 spiro atoms. The van der Waals surface area contributed by atoms with Crippen LogP contribution in [0.1, 0.15) is 19.4 Å². The molecule has 0 saturated heterocycles. The minimum Gasteiger partial charge on any atom is -0.365 e. The number of aliphatic imine (C=N–C) groups is 1. The summed E-state index contributed by atoms with van der Waals surface area (Å²) in [6.45, 7) is 6.39. The van der Waals surface area contributed by atoms with E-state index < -0.39 is 0 Å². The summed E-state index contributed by atoms with van der Waals surface area (Å²) < 4.78 is 0. The van der Waals surface area contributed by atoms with Crippen molar-refractivity contribution in [2.75, 3.05) is 13.1 Å². The maximum absolute atomic E-state index is 5.86. The molecule has 0 aromatic heterocycles. The van der Waals surface area contributed by atoms with Gasteiger partial charge in [-0.25, -0.2) is 0 Å². The Morgan fingerprint density at radius 1 is 1.39 bits per heavy atom. The molecule has 4 heteroatoms. The summed E-state index contributed by atoms with van der Waals surface area (Å²) in [6, 6.07) is 8.02. The summed E-state index contributed by atoms with van der Waals surface area (Å²) in [5, 5.41) is 5.94. The van der Waals surface area contributed by atoms with Crippen molar-refractivity contribution < 1.29 is 0 Å². The van der Waals surface area contributed by atoms with Crippen molar-refractivity contribution in [2.24, 2.45) is 10.9 Å². The molecule has 0 aliphatic carbocycles. The molecular formula is C14H19ClN2S. The van der Waals surface area contributed by atoms with Gasteiger partial charge in [0.1, 0.15) is 0 Å². The third-order valence-electron chi connectivity index (χ3n) is 3.02. The number of nitrogens with zero attached hydrogens (tertiary/aromatic N) is 1. The zero-order valence-electron chi connectivity index (χ0n) is 10.8. The third-order valence-corrected chi connectivity index (χ3v) is 4.77. The summed E-state index contributed by atoms with van der Waals surface area (Å²) in [5.74, 6) is 0.689. The first-order valence-electron chi connectivity index (χ1n) is 6.34. The van der Waals surface area contributed by atoms with Gasteiger partial charge in [-0.1, -0.05) is 49.3 Å². The van der Waals surface area contributed by atoms with Crippen LogP contribution in [0.3, 0.4) is 0 Å². The van der Waals surface area contributed by atoms with E-state index >= 15 is 0 Å². The maximum atomic E-state index is 5.86. The number of rotatable bonds is 4. The molecule has 98 valence electrons. The molecule has 2 nitrogen and oxygen atoms in total. The van der Waals surface area contributed by atoms with Crippen molar-refractivity contribution in [1.29, 1.82) is 0 Å². The van der Waals surface area contributed by atoms with Crippen LogP contribution in [0.25, 0.3) is 0 Å². The Bertz CT molecular complexity index is 414. The van der Waals surface area contributed by atoms with Crippen LogP contribution in [0.5, 0.6) is 0 Å². The molecule has 0 saturated carbocycles. The molecule has 0 fully saturated rings. The van der Waals surface area contributed by atoms with Crippen LogP contribution in [-0.4, -0.2) is 23.5 Å². The minimum atomic E-state index is 0.642. The second kappa shape index (κ2) is 6.48. The molecule has 18 heavy (non-hydrogen) atoms. The third kappa shape index (κ3) is 3.92. The lowest BCUT2D eigenvalue weighted by atomic mass is 10.1. The van der Waals surface area contributed by atoms with Crippen molar-refractivity contribution in [3.8, 4) is 0 Å². The van der Waals surface area contributed by atoms with Gasteiger partial charge in [-0.3, -0.25) is 4.99 Å². The van der Waals surface area contributed by atoms with Gasteiger partial charge in [0.25, 0.3) is 0 Å². The number of hydrogen-bond donors (Lipinski definition) is 1. The normalized spacial score (nSPS) is 19.1. The van der Waals surface area contributed by atoms with Crippen LogP contribution < -0.4 is 5.32 Å². The smallest absolute Gasteiger partial charge is 0.156 e. The van der Waals surface area contributed by atoms with Crippen molar-refractivity contribution >= 4 is 28.5 Å². The highest BCUT2D eigenvalue weighted by Gasteiger charge is 2.21. The Morgan fingerprint density at radius 2 is 2.11 bits per heavy atom. The Morgan fingerprint density at radius 3 is 2.72 bits per heavy atom. The second-order valence-electron chi connectivity index (χ2n) is 4.85. The summed E-state index contributed by atoms with van der Waals surface area (Å²) in [5.41, 5.74) is 1.30. The molecule has 1 aromatic rings. The monoisotopic (exact) mass is 282 g/mol. The number of benzene rings is 1. The van der Waals surface area contributed by atoms with E-state index in [2.05, 4.69) is 36.3 Å². The van der Waals surface area contributed by atoms with E-state index in [9.17, 15) is 0 Å². The average molecular weight is 283 g/mol. The molecule has 1 aliphatic rings. The number of thioether (sulfide) groups is 1. The van der Waals surface area contributed by atoms with Gasteiger partial charge in [-0.2, -0.15) is 0 Å². The molecule has 0 amide bonds. The standard InChI is InChI=1S/C14H19ClN2S/c1-10(2)13-9-17-14(18-13)16-8-7-11-3-5-12(15)6-4-11/h3-6,10,13H,7-9H2,1-2H3,(H,16,17). The van der Waals surface area contributed by atoms with E-state index in [-0.39, 0.29) is 0 Å². The fraction of sp³-hybridized carbons (Fsp3) is 0.500. The minimum absolute atomic E-state index is 0.642. The molecule has 1 N–H and O–H groups in total. The Hall–Kier alpha value is -0.670. The van der Waals surface area contributed by atoms with E-state index in [0.717, 1.165) is 29.7 Å². The van der Waals surface area contributed by atoms with Gasteiger partial charge in [0, 0.05) is 16.8 Å².